The summed E-state index contributed by atoms with van der Waals surface area (Å²) in [6.07, 6.45) is 5.21. The molecule has 0 aliphatic heterocycles. The molecule has 0 heterocycles. The average Bonchev–Trinajstić information content (AvgIpc) is 3.32. The Balaban J connectivity index is -0.000000509. The maximum atomic E-state index is 12.7. The van der Waals surface area contributed by atoms with E-state index < -0.39 is 64.3 Å². The van der Waals surface area contributed by atoms with Crippen molar-refractivity contribution in [1.29, 1.82) is 0 Å². The summed E-state index contributed by atoms with van der Waals surface area (Å²) in [6.45, 7) is 7.50. The van der Waals surface area contributed by atoms with Crippen molar-refractivity contribution in [3.63, 3.8) is 0 Å². The average molecular weight is 1290 g/mol. The molecule has 0 bridgehead atoms. The van der Waals surface area contributed by atoms with Crippen molar-refractivity contribution < 1.29 is 86.1 Å². The van der Waals surface area contributed by atoms with Gasteiger partial charge >= 0.3 is 52.4 Å². The van der Waals surface area contributed by atoms with Gasteiger partial charge in [0.2, 0.25) is 0 Å². The summed E-state index contributed by atoms with van der Waals surface area (Å²) in [5.74, 6) is 0. The van der Waals surface area contributed by atoms with Crippen molar-refractivity contribution in [2.45, 2.75) is 123 Å². The summed E-state index contributed by atoms with van der Waals surface area (Å²) in [5.41, 5.74) is 3.81. The van der Waals surface area contributed by atoms with Gasteiger partial charge in [-0.2, -0.15) is 56.4 Å². The fourth-order valence-electron chi connectivity index (χ4n) is 6.47. The van der Waals surface area contributed by atoms with Crippen LogP contribution >= 0.6 is 0 Å². The minimum absolute atomic E-state index is 0. The van der Waals surface area contributed by atoms with Crippen LogP contribution in [0, 0.1) is 27.7 Å². The smallest absolute Gasteiger partial charge is 0.668 e. The van der Waals surface area contributed by atoms with Gasteiger partial charge in [-0.15, -0.1) is 24.2 Å². The summed E-state index contributed by atoms with van der Waals surface area (Å²) in [4.78, 5) is 0.459. The predicted molar refractivity (Wildman–Crippen MR) is 310 cm³/mol. The molecule has 2 saturated carbocycles. The fourth-order valence-corrected chi connectivity index (χ4v) is 11.3. The molecule has 18 nitrogen and oxygen atoms in total. The predicted octanol–water partition coefficient (Wildman–Crippen LogP) is 11.0. The first-order valence-electron chi connectivity index (χ1n) is 24.1. The first-order valence-corrected chi connectivity index (χ1v) is 29.8. The number of aryl methyl sites for hydroxylation is 4. The molecule has 4 aromatic carbocycles. The second-order valence-corrected chi connectivity index (χ2v) is 23.7. The molecule has 2 aliphatic rings. The van der Waals surface area contributed by atoms with Crippen LogP contribution in [0.2, 0.25) is 0 Å². The normalized spacial score (nSPS) is 16.7. The topological polar surface area (TPSA) is 273 Å². The fraction of sp³-hybridized carbons (Fsp3) is 0.538. The summed E-state index contributed by atoms with van der Waals surface area (Å²) in [6, 6.07) is 23.2. The molecule has 0 unspecified atom stereocenters. The van der Waals surface area contributed by atoms with Crippen LogP contribution in [0.15, 0.2) is 117 Å². The van der Waals surface area contributed by atoms with Gasteiger partial charge in [-0.05, 0) is 104 Å². The molecule has 0 spiro atoms. The second kappa shape index (κ2) is 44.8. The second-order valence-electron chi connectivity index (χ2n) is 17.2. The van der Waals surface area contributed by atoms with Gasteiger partial charge in [0, 0.05) is 19.6 Å². The molecule has 4 aromatic rings. The number of rotatable bonds is 12. The van der Waals surface area contributed by atoms with E-state index in [1.165, 1.54) is 48.5 Å². The first kappa shape index (κ1) is 80.5. The van der Waals surface area contributed by atoms with E-state index in [1.807, 2.05) is 55.9 Å². The molecule has 4 atom stereocenters. The monoisotopic (exact) mass is 1290 g/mol. The van der Waals surface area contributed by atoms with Crippen molar-refractivity contribution in [1.82, 2.24) is 10.6 Å². The number of nitrogens with zero attached hydrogens (tertiary/aromatic N) is 8. The van der Waals surface area contributed by atoms with E-state index in [0.717, 1.165) is 47.9 Å². The third-order valence-corrected chi connectivity index (χ3v) is 15.4. The van der Waals surface area contributed by atoms with Gasteiger partial charge in [0.25, 0.3) is 0 Å². The minimum Gasteiger partial charge on any atom is -0.668 e. The molecule has 0 amide bonds. The van der Waals surface area contributed by atoms with Crippen LogP contribution in [0.5, 0.6) is 0 Å². The van der Waals surface area contributed by atoms with Crippen molar-refractivity contribution in [2.75, 3.05) is 84.6 Å². The molecular formula is C52H86N10O8S4Zr2. The van der Waals surface area contributed by atoms with E-state index in [-0.39, 0.29) is 72.0 Å². The molecule has 24 heteroatoms. The van der Waals surface area contributed by atoms with Crippen LogP contribution in [0.3, 0.4) is 0 Å². The maximum Gasteiger partial charge on any atom is 4.00 e. The Morgan fingerprint density at radius 2 is 0.434 bits per heavy atom. The maximum absolute atomic E-state index is 12.7. The number of sulfonamides is 4. The zero-order valence-electron chi connectivity index (χ0n) is 47.7. The molecular weight excluding hydrogens is 1200 g/mol. The van der Waals surface area contributed by atoms with Gasteiger partial charge < -0.3 is 50.8 Å². The van der Waals surface area contributed by atoms with Gasteiger partial charge in [0.1, 0.15) is 40.1 Å². The van der Waals surface area contributed by atoms with Gasteiger partial charge in [0.05, 0.1) is 0 Å². The molecule has 0 radical (unpaired) electrons. The number of hydrogen-bond donors (Lipinski definition) is 2. The first-order chi connectivity index (χ1) is 34.8. The van der Waals surface area contributed by atoms with Crippen LogP contribution in [0.4, 0.5) is 0 Å². The Morgan fingerprint density at radius 3 is 0.553 bits per heavy atom. The third kappa shape index (κ3) is 33.6. The van der Waals surface area contributed by atoms with Crippen LogP contribution in [-0.4, -0.2) is 142 Å². The van der Waals surface area contributed by atoms with Crippen LogP contribution in [0.1, 0.15) is 73.6 Å². The molecule has 0 saturated heterocycles. The van der Waals surface area contributed by atoms with Crippen molar-refractivity contribution in [3.05, 3.63) is 159 Å². The quantitative estimate of drug-likeness (QED) is 0.135. The van der Waals surface area contributed by atoms with Gasteiger partial charge in [-0.1, -0.05) is 122 Å². The van der Waals surface area contributed by atoms with Crippen LogP contribution in [-0.2, 0) is 92.5 Å². The molecule has 6 rings (SSSR count). The molecule has 0 aromatic heterocycles. The van der Waals surface area contributed by atoms with Crippen molar-refractivity contribution in [3.8, 4) is 0 Å². The largest absolute Gasteiger partial charge is 4.00 e. The molecule has 2 N–H and O–H groups in total. The van der Waals surface area contributed by atoms with E-state index in [4.69, 9.17) is 0 Å². The van der Waals surface area contributed by atoms with Gasteiger partial charge in [0.15, 0.2) is 0 Å². The molecule has 2 fully saturated rings. The SMILES string of the molecule is CNC.CNC.C[N-]C.C[N-]C.C[N-]C.C[N-]C.Cc1ccc(S(=O)(=O)[N-][C@@H]2CCCC[C@H]2[N-]S(=O)(=O)c2ccc(C)cc2)cc1.Cc1ccc(S(=O)(=O)[N-][C@@H]2CCCC[C@H]2[N-]S(=O)(=O)c2ccc(C)cc2)cc1.[Zr+4].[Zr+4]. The number of benzene rings is 4. The minimum atomic E-state index is -3.87. The summed E-state index contributed by atoms with van der Waals surface area (Å²) < 4.78 is 118. The van der Waals surface area contributed by atoms with Crippen LogP contribution < -0.4 is 10.6 Å². The van der Waals surface area contributed by atoms with E-state index in [0.29, 0.717) is 25.7 Å². The Morgan fingerprint density at radius 1 is 0.316 bits per heavy atom. The van der Waals surface area contributed by atoms with E-state index in [2.05, 4.69) is 50.8 Å². The van der Waals surface area contributed by atoms with E-state index >= 15 is 0 Å². The van der Waals surface area contributed by atoms with Gasteiger partial charge in [-0.3, -0.25) is 0 Å². The summed E-state index contributed by atoms with van der Waals surface area (Å²) >= 11 is 0. The summed E-state index contributed by atoms with van der Waals surface area (Å²) in [5, 5.41) is 19.5. The van der Waals surface area contributed by atoms with Crippen LogP contribution in [0.25, 0.3) is 40.2 Å². The molecule has 424 valence electrons. The molecule has 76 heavy (non-hydrogen) atoms. The van der Waals surface area contributed by atoms with Crippen molar-refractivity contribution >= 4 is 40.1 Å². The third-order valence-electron chi connectivity index (χ3n) is 9.76. The molecule has 2 aliphatic carbocycles. The Labute approximate surface area is 499 Å². The number of nitrogens with one attached hydrogen (secondary N) is 2. The Hall–Kier alpha value is -1.95. The van der Waals surface area contributed by atoms with Gasteiger partial charge in [-0.25, -0.2) is 33.7 Å². The zero-order chi connectivity index (χ0) is 57.0. The summed E-state index contributed by atoms with van der Waals surface area (Å²) in [7, 11) is 6.04. The zero-order valence-corrected chi connectivity index (χ0v) is 55.9. The Kier molecular flexibility index (Phi) is 47.4. The Bertz CT molecular complexity index is 2160. The van der Waals surface area contributed by atoms with E-state index in [9.17, 15) is 33.7 Å². The number of hydrogen-bond acceptors (Lipinski definition) is 10. The van der Waals surface area contributed by atoms with E-state index in [1.54, 1.807) is 105 Å². The standard InChI is InChI=1S/2C20H24N2O4S2.2C2H7N.4C2H6N.2Zr/c2*1-15-7-11-17(12-8-15)27(23,24)21-19-5-3-4-6-20(19)22-28(25,26)18-13-9-16(2)10-14-18;6*1-3-2;;/h2*7-14,19-20H,3-6H2,1-2H3;2*3H,1-2H3;4*1-2H3;;/q2*-2;;;4*-1;2*+4/t2*19-,20-;;;;;;;;/m11......../s1. The van der Waals surface area contributed by atoms with Crippen molar-refractivity contribution in [2.24, 2.45) is 0 Å².